The van der Waals surface area contributed by atoms with Gasteiger partial charge in [0.2, 0.25) is 11.8 Å². The first-order valence-electron chi connectivity index (χ1n) is 18.6. The Morgan fingerprint density at radius 2 is 1.57 bits per heavy atom. The molecule has 3 fully saturated rings. The van der Waals surface area contributed by atoms with Crippen LogP contribution in [0.3, 0.4) is 0 Å². The van der Waals surface area contributed by atoms with Crippen LogP contribution in [0.25, 0.3) is 11.1 Å². The number of unbranched alkanes of at least 4 members (excludes halogenated alkanes) is 2. The largest absolute Gasteiger partial charge is 0.392 e. The summed E-state index contributed by atoms with van der Waals surface area (Å²) in [5, 5.41) is 21.2. The van der Waals surface area contributed by atoms with Crippen LogP contribution in [-0.2, 0) is 32.2 Å². The summed E-state index contributed by atoms with van der Waals surface area (Å²) >= 11 is 0. The molecule has 6 rings (SSSR count). The molecule has 274 valence electrons. The molecule has 0 spiro atoms. The van der Waals surface area contributed by atoms with Crippen molar-refractivity contribution in [2.45, 2.75) is 116 Å². The van der Waals surface area contributed by atoms with E-state index >= 15 is 0 Å². The van der Waals surface area contributed by atoms with Gasteiger partial charge in [0.15, 0.2) is 6.29 Å². The Labute approximate surface area is 302 Å². The van der Waals surface area contributed by atoms with Crippen LogP contribution in [0, 0.1) is 10.8 Å². The van der Waals surface area contributed by atoms with Crippen molar-refractivity contribution in [2.75, 3.05) is 13.1 Å². The smallest absolute Gasteiger partial charge is 0.243 e. The number of hydrogen-bond acceptors (Lipinski definition) is 7. The van der Waals surface area contributed by atoms with Crippen LogP contribution in [-0.4, -0.2) is 52.3 Å². The third-order valence-corrected chi connectivity index (χ3v) is 10.9. The highest BCUT2D eigenvalue weighted by Crippen LogP contribution is 2.53. The second kappa shape index (κ2) is 16.4. The molecule has 4 N–H and O–H groups in total. The number of amides is 2. The number of nitrogens with one attached hydrogen (secondary N) is 2. The van der Waals surface area contributed by atoms with Gasteiger partial charge in [-0.1, -0.05) is 93.9 Å². The van der Waals surface area contributed by atoms with E-state index in [1.54, 1.807) is 5.48 Å². The normalized spacial score (nSPS) is 25.7. The molecule has 9 heteroatoms. The number of benzene rings is 3. The van der Waals surface area contributed by atoms with Crippen LogP contribution >= 0.6 is 0 Å². The predicted molar refractivity (Wildman–Crippen MR) is 196 cm³/mol. The molecule has 2 heterocycles. The van der Waals surface area contributed by atoms with E-state index in [-0.39, 0.29) is 31.1 Å². The molecule has 3 aromatic carbocycles. The topological polar surface area (TPSA) is 120 Å². The molecule has 2 aliphatic heterocycles. The van der Waals surface area contributed by atoms with Gasteiger partial charge in [-0.05, 0) is 76.8 Å². The molecule has 1 aliphatic carbocycles. The molecule has 3 aromatic rings. The minimum absolute atomic E-state index is 0.0179. The maximum atomic E-state index is 12.4. The number of fused-ring (bicyclic) bond motifs is 2. The highest BCUT2D eigenvalue weighted by atomic mass is 16.7. The Morgan fingerprint density at radius 3 is 2.29 bits per heavy atom. The highest BCUT2D eigenvalue weighted by Gasteiger charge is 2.50. The molecule has 2 unspecified atom stereocenters. The number of ether oxygens (including phenoxy) is 2. The number of rotatable bonds is 14. The van der Waals surface area contributed by atoms with Crippen molar-refractivity contribution < 1.29 is 29.4 Å². The van der Waals surface area contributed by atoms with Crippen molar-refractivity contribution in [1.29, 1.82) is 0 Å². The number of aliphatic hydroxyl groups is 1. The van der Waals surface area contributed by atoms with Gasteiger partial charge in [0.1, 0.15) is 0 Å². The van der Waals surface area contributed by atoms with Gasteiger partial charge >= 0.3 is 0 Å². The fourth-order valence-corrected chi connectivity index (χ4v) is 8.87. The zero-order chi connectivity index (χ0) is 36.0. The summed E-state index contributed by atoms with van der Waals surface area (Å²) in [7, 11) is 0. The first-order chi connectivity index (χ1) is 24.5. The van der Waals surface area contributed by atoms with Crippen molar-refractivity contribution in [3.8, 4) is 11.1 Å². The van der Waals surface area contributed by atoms with Gasteiger partial charge in [0, 0.05) is 50.5 Å². The van der Waals surface area contributed by atoms with Gasteiger partial charge in [-0.3, -0.25) is 19.7 Å². The summed E-state index contributed by atoms with van der Waals surface area (Å²) in [5.41, 5.74) is 8.48. The standard InChI is InChI=1S/C42H55N3O6/c1-41(2)22-35-23-42(3,27-41)28-45(35)25-36-21-37(32-14-12-29(26-46)13-15-32)51-40(50-36)33-18-16-31(17-19-33)34-9-7-8-30(20-34)24-43-38(47)10-5-4-6-11-39(48)44-49/h7-9,12-20,35-37,40,46,49H,4-6,10-11,21-28H2,1-3H3,(H,43,47)(H,44,48)/t35?,36-,37+,40+,42?/m1/s1. The van der Waals surface area contributed by atoms with Crippen LogP contribution in [0.4, 0.5) is 0 Å². The third kappa shape index (κ3) is 9.84. The maximum absolute atomic E-state index is 12.4. The number of hydrogen-bond donors (Lipinski definition) is 4. The Bertz CT molecular complexity index is 1630. The number of nitrogens with zero attached hydrogens (tertiary/aromatic N) is 1. The molecule has 2 amide bonds. The lowest BCUT2D eigenvalue weighted by Crippen LogP contribution is -2.42. The lowest BCUT2D eigenvalue weighted by atomic mass is 9.65. The minimum atomic E-state index is -0.497. The average molecular weight is 698 g/mol. The van der Waals surface area contributed by atoms with Crippen LogP contribution in [0.5, 0.6) is 0 Å². The van der Waals surface area contributed by atoms with E-state index in [2.05, 4.69) is 79.5 Å². The van der Waals surface area contributed by atoms with Crippen LogP contribution in [0.2, 0.25) is 0 Å². The van der Waals surface area contributed by atoms with Crippen LogP contribution in [0.15, 0.2) is 72.8 Å². The summed E-state index contributed by atoms with van der Waals surface area (Å²) in [6.45, 7) is 9.78. The van der Waals surface area contributed by atoms with Crippen molar-refractivity contribution >= 4 is 11.8 Å². The fourth-order valence-electron chi connectivity index (χ4n) is 8.87. The van der Waals surface area contributed by atoms with E-state index in [4.69, 9.17) is 14.7 Å². The molecule has 0 radical (unpaired) electrons. The first kappa shape index (κ1) is 37.2. The second-order valence-corrected chi connectivity index (χ2v) is 16.2. The van der Waals surface area contributed by atoms with E-state index in [0.717, 1.165) is 59.3 Å². The average Bonchev–Trinajstić information content (AvgIpc) is 3.37. The van der Waals surface area contributed by atoms with Gasteiger partial charge in [-0.2, -0.15) is 0 Å². The van der Waals surface area contributed by atoms with Gasteiger partial charge in [-0.25, -0.2) is 5.48 Å². The zero-order valence-corrected chi connectivity index (χ0v) is 30.4. The van der Waals surface area contributed by atoms with Gasteiger partial charge in [0.25, 0.3) is 0 Å². The SMILES string of the molecule is CC1(C)CC2CC(C)(CN2C[C@H]2C[C@@H](c3ccc(CO)cc3)O[C@@H](c3ccc(-c4cccc(CNC(=O)CCCCCC(=O)NO)c4)cc3)O2)C1. The summed E-state index contributed by atoms with van der Waals surface area (Å²) in [6, 6.07) is 25.3. The Kier molecular flexibility index (Phi) is 11.9. The second-order valence-electron chi connectivity index (χ2n) is 16.2. The Morgan fingerprint density at radius 1 is 0.843 bits per heavy atom. The van der Waals surface area contributed by atoms with Crippen molar-refractivity contribution in [3.05, 3.63) is 95.1 Å². The minimum Gasteiger partial charge on any atom is -0.392 e. The monoisotopic (exact) mass is 697 g/mol. The van der Waals surface area contributed by atoms with Crippen LogP contribution < -0.4 is 10.8 Å². The molecular weight excluding hydrogens is 642 g/mol. The van der Waals surface area contributed by atoms with E-state index in [9.17, 15) is 14.7 Å². The molecule has 2 bridgehead atoms. The van der Waals surface area contributed by atoms with Crippen molar-refractivity contribution in [3.63, 3.8) is 0 Å². The molecule has 1 saturated carbocycles. The number of aliphatic hydroxyl groups excluding tert-OH is 1. The number of carbonyl (C=O) groups excluding carboxylic acids is 2. The molecule has 5 atom stereocenters. The third-order valence-electron chi connectivity index (χ3n) is 10.9. The van der Waals surface area contributed by atoms with E-state index in [1.807, 2.05) is 24.3 Å². The van der Waals surface area contributed by atoms with Gasteiger partial charge in [0.05, 0.1) is 18.8 Å². The molecule has 0 aromatic heterocycles. The number of hydroxylamine groups is 1. The van der Waals surface area contributed by atoms with Crippen molar-refractivity contribution in [2.24, 2.45) is 10.8 Å². The molecule has 2 saturated heterocycles. The zero-order valence-electron chi connectivity index (χ0n) is 30.4. The highest BCUT2D eigenvalue weighted by molar-refractivity contribution is 5.76. The van der Waals surface area contributed by atoms with E-state index in [0.29, 0.717) is 42.7 Å². The van der Waals surface area contributed by atoms with Gasteiger partial charge < -0.3 is 19.9 Å². The van der Waals surface area contributed by atoms with E-state index in [1.165, 1.54) is 19.3 Å². The van der Waals surface area contributed by atoms with Crippen LogP contribution in [0.1, 0.15) is 113 Å². The molecular formula is C42H55N3O6. The quantitative estimate of drug-likeness (QED) is 0.0789. The molecule has 51 heavy (non-hydrogen) atoms. The Balaban J connectivity index is 1.10. The van der Waals surface area contributed by atoms with Crippen molar-refractivity contribution in [1.82, 2.24) is 15.7 Å². The van der Waals surface area contributed by atoms with Gasteiger partial charge in [-0.15, -0.1) is 0 Å². The lowest BCUT2D eigenvalue weighted by Gasteiger charge is -2.41. The van der Waals surface area contributed by atoms with E-state index < -0.39 is 12.2 Å². The molecule has 3 aliphatic rings. The predicted octanol–water partition coefficient (Wildman–Crippen LogP) is 7.36. The first-order valence-corrected chi connectivity index (χ1v) is 18.6. The Hall–Kier alpha value is -3.60. The maximum Gasteiger partial charge on any atom is 0.243 e. The fraction of sp³-hybridized carbons (Fsp3) is 0.524. The lowest BCUT2D eigenvalue weighted by molar-refractivity contribution is -0.253. The summed E-state index contributed by atoms with van der Waals surface area (Å²) in [4.78, 5) is 26.2. The molecule has 9 nitrogen and oxygen atoms in total. The number of likely N-dealkylation sites (tertiary alicyclic amines) is 1. The number of carbonyl (C=O) groups is 2. The summed E-state index contributed by atoms with van der Waals surface area (Å²) in [6.07, 6.45) is 6.69. The summed E-state index contributed by atoms with van der Waals surface area (Å²) in [5.74, 6) is -0.419. The summed E-state index contributed by atoms with van der Waals surface area (Å²) < 4.78 is 13.4.